The van der Waals surface area contributed by atoms with Crippen LogP contribution in [-0.2, 0) is 4.57 Å². The van der Waals surface area contributed by atoms with E-state index in [1.807, 2.05) is 30.3 Å². The van der Waals surface area contributed by atoms with Crippen LogP contribution in [0.25, 0.3) is 0 Å². The van der Waals surface area contributed by atoms with Crippen LogP contribution in [0.4, 0.5) is 5.69 Å². The van der Waals surface area contributed by atoms with Gasteiger partial charge < -0.3 is 5.73 Å². The number of rotatable bonds is 0. The van der Waals surface area contributed by atoms with Crippen molar-refractivity contribution in [3.63, 3.8) is 0 Å². The number of nitrogens with two attached hydrogens (primary N) is 1. The van der Waals surface area contributed by atoms with Crippen LogP contribution in [0, 0.1) is 0 Å². The predicted molar refractivity (Wildman–Crippen MR) is 56.0 cm³/mol. The Morgan fingerprint density at radius 3 is 1.58 bits per heavy atom. The normalized spacial score (nSPS) is 9.92. The molecule has 0 amide bonds. The van der Waals surface area contributed by atoms with E-state index in [9.17, 15) is 4.57 Å². The van der Waals surface area contributed by atoms with Crippen molar-refractivity contribution < 1.29 is 4.57 Å². The van der Waals surface area contributed by atoms with E-state index in [1.165, 1.54) is 0 Å². The van der Waals surface area contributed by atoms with E-state index in [0.29, 0.717) is 0 Å². The third kappa shape index (κ3) is 12.8. The SMILES string of the molecule is Nc1ccccc1.O=P(Cl)(Cl)Cl. The minimum atomic E-state index is -3.22. The number of nitrogen functional groups attached to an aromatic ring is 1. The number of hydrogen-bond donors (Lipinski definition) is 1. The van der Waals surface area contributed by atoms with Crippen molar-refractivity contribution in [2.75, 3.05) is 5.73 Å². The average molecular weight is 246 g/mol. The molecule has 0 spiro atoms. The van der Waals surface area contributed by atoms with Gasteiger partial charge in [-0.25, -0.2) is 0 Å². The van der Waals surface area contributed by atoms with Crippen molar-refractivity contribution in [2.24, 2.45) is 0 Å². The highest BCUT2D eigenvalue weighted by atomic mass is 36.0. The second kappa shape index (κ2) is 5.71. The summed E-state index contributed by atoms with van der Waals surface area (Å²) >= 11 is 13.8. The molecule has 0 aliphatic carbocycles. The first-order valence-corrected chi connectivity index (χ1v) is 7.31. The molecule has 1 rings (SSSR count). The maximum atomic E-state index is 9.51. The Hall–Kier alpha value is 0.120. The Kier molecular flexibility index (Phi) is 5.77. The zero-order valence-corrected chi connectivity index (χ0v) is 9.12. The van der Waals surface area contributed by atoms with Gasteiger partial charge >= 0.3 is 5.20 Å². The molecule has 0 saturated heterocycles. The smallest absolute Gasteiger partial charge is 0.339 e. The zero-order valence-electron chi connectivity index (χ0n) is 5.95. The molecule has 0 unspecified atom stereocenters. The molecule has 0 radical (unpaired) electrons. The lowest BCUT2D eigenvalue weighted by Crippen LogP contribution is -1.79. The van der Waals surface area contributed by atoms with Gasteiger partial charge in [-0.15, -0.1) is 0 Å². The largest absolute Gasteiger partial charge is 0.399 e. The molecule has 0 saturated carbocycles. The summed E-state index contributed by atoms with van der Waals surface area (Å²) in [5.74, 6) is 0. The molecule has 0 atom stereocenters. The summed E-state index contributed by atoms with van der Waals surface area (Å²) in [6, 6.07) is 9.49. The first-order valence-electron chi connectivity index (χ1n) is 2.89. The Balaban J connectivity index is 0.000000217. The molecule has 1 aromatic rings. The zero-order chi connectivity index (χ0) is 9.61. The molecule has 0 fully saturated rings. The molecule has 2 N–H and O–H groups in total. The summed E-state index contributed by atoms with van der Waals surface area (Å²) in [7, 11) is 0. The Morgan fingerprint density at radius 2 is 1.42 bits per heavy atom. The number of hydrogen-bond acceptors (Lipinski definition) is 2. The highest BCUT2D eigenvalue weighted by molar-refractivity contribution is 8.24. The minimum absolute atomic E-state index is 0.822. The summed E-state index contributed by atoms with van der Waals surface area (Å²) in [4.78, 5) is 0. The molecule has 1 aromatic carbocycles. The van der Waals surface area contributed by atoms with Crippen LogP contribution < -0.4 is 5.73 Å². The van der Waals surface area contributed by atoms with Crippen LogP contribution >= 0.6 is 38.9 Å². The lowest BCUT2D eigenvalue weighted by molar-refractivity contribution is 0.600. The van der Waals surface area contributed by atoms with Gasteiger partial charge in [0.05, 0.1) is 0 Å². The number of para-hydroxylation sites is 1. The molecule has 0 bridgehead atoms. The van der Waals surface area contributed by atoms with Crippen molar-refractivity contribution in [3.05, 3.63) is 30.3 Å². The molecule has 2 nitrogen and oxygen atoms in total. The summed E-state index contributed by atoms with van der Waals surface area (Å²) in [5.41, 5.74) is 6.18. The van der Waals surface area contributed by atoms with E-state index in [-0.39, 0.29) is 0 Å². The Bertz CT molecular complexity index is 252. The van der Waals surface area contributed by atoms with Crippen molar-refractivity contribution in [1.82, 2.24) is 0 Å². The van der Waals surface area contributed by atoms with Crippen LogP contribution in [0.3, 0.4) is 0 Å². The third-order valence-electron chi connectivity index (χ3n) is 0.800. The average Bonchev–Trinajstić information content (AvgIpc) is 1.85. The first-order chi connectivity index (χ1) is 5.39. The van der Waals surface area contributed by atoms with E-state index in [4.69, 9.17) is 5.73 Å². The quantitative estimate of drug-likeness (QED) is 0.553. The highest BCUT2D eigenvalue weighted by Gasteiger charge is 2.02. The monoisotopic (exact) mass is 245 g/mol. The molecule has 0 aliphatic rings. The van der Waals surface area contributed by atoms with Crippen LogP contribution in [0.5, 0.6) is 0 Å². The van der Waals surface area contributed by atoms with Gasteiger partial charge in [-0.05, 0) is 45.9 Å². The van der Waals surface area contributed by atoms with E-state index in [1.54, 1.807) is 0 Å². The maximum Gasteiger partial charge on any atom is 0.339 e. The summed E-state index contributed by atoms with van der Waals surface area (Å²) in [6.07, 6.45) is 0. The van der Waals surface area contributed by atoms with Crippen LogP contribution in [0.2, 0.25) is 0 Å². The van der Waals surface area contributed by atoms with Gasteiger partial charge in [0.2, 0.25) is 0 Å². The highest BCUT2D eigenvalue weighted by Crippen LogP contribution is 2.61. The first kappa shape index (κ1) is 12.1. The molecule has 12 heavy (non-hydrogen) atoms. The number of benzene rings is 1. The lowest BCUT2D eigenvalue weighted by atomic mass is 10.3. The van der Waals surface area contributed by atoms with Crippen molar-refractivity contribution in [3.8, 4) is 0 Å². The fourth-order valence-corrected chi connectivity index (χ4v) is 0.453. The molecule has 68 valence electrons. The molecule has 0 heterocycles. The lowest BCUT2D eigenvalue weighted by Gasteiger charge is -1.83. The van der Waals surface area contributed by atoms with Gasteiger partial charge in [0, 0.05) is 5.69 Å². The third-order valence-corrected chi connectivity index (χ3v) is 0.800. The van der Waals surface area contributed by atoms with Gasteiger partial charge in [-0.1, -0.05) is 18.2 Å². The van der Waals surface area contributed by atoms with E-state index in [2.05, 4.69) is 33.7 Å². The number of anilines is 1. The maximum absolute atomic E-state index is 9.51. The van der Waals surface area contributed by atoms with E-state index < -0.39 is 5.20 Å². The number of halogens is 3. The van der Waals surface area contributed by atoms with Crippen molar-refractivity contribution in [2.45, 2.75) is 0 Å². The molecular weight excluding hydrogens is 239 g/mol. The Morgan fingerprint density at radius 1 is 1.08 bits per heavy atom. The fourth-order valence-electron chi connectivity index (χ4n) is 0.453. The van der Waals surface area contributed by atoms with Crippen molar-refractivity contribution in [1.29, 1.82) is 0 Å². The summed E-state index contributed by atoms with van der Waals surface area (Å²) in [6.45, 7) is 0. The van der Waals surface area contributed by atoms with Crippen molar-refractivity contribution >= 4 is 44.6 Å². The van der Waals surface area contributed by atoms with Crippen LogP contribution in [-0.4, -0.2) is 0 Å². The van der Waals surface area contributed by atoms with Gasteiger partial charge in [0.25, 0.3) is 0 Å². The molecule has 0 aliphatic heterocycles. The van der Waals surface area contributed by atoms with E-state index >= 15 is 0 Å². The van der Waals surface area contributed by atoms with Gasteiger partial charge in [-0.3, -0.25) is 4.57 Å². The topological polar surface area (TPSA) is 43.1 Å². The summed E-state index contributed by atoms with van der Waals surface area (Å²) in [5, 5.41) is -3.22. The fraction of sp³-hybridized carbons (Fsp3) is 0. The second-order valence-electron chi connectivity index (χ2n) is 1.81. The standard InChI is InChI=1S/C6H7N.Cl3OP/c7-6-4-2-1-3-5-6;1-5(2,3)4/h1-5H,7H2;. The Labute approximate surface area is 85.4 Å². The molecular formula is C6H7Cl3NOP. The van der Waals surface area contributed by atoms with Gasteiger partial charge in [-0.2, -0.15) is 0 Å². The predicted octanol–water partition coefficient (Wildman–Crippen LogP) is 4.08. The minimum Gasteiger partial charge on any atom is -0.399 e. The van der Waals surface area contributed by atoms with Gasteiger partial charge in [0.15, 0.2) is 0 Å². The summed E-state index contributed by atoms with van der Waals surface area (Å²) < 4.78 is 9.51. The van der Waals surface area contributed by atoms with Crippen LogP contribution in [0.15, 0.2) is 30.3 Å². The van der Waals surface area contributed by atoms with E-state index in [0.717, 1.165) is 5.69 Å². The molecule has 6 heteroatoms. The van der Waals surface area contributed by atoms with Crippen LogP contribution in [0.1, 0.15) is 0 Å². The second-order valence-corrected chi connectivity index (χ2v) is 8.45. The molecule has 0 aromatic heterocycles. The van der Waals surface area contributed by atoms with Gasteiger partial charge in [0.1, 0.15) is 0 Å².